The van der Waals surface area contributed by atoms with E-state index in [0.717, 1.165) is 6.42 Å². The first-order valence-electron chi connectivity index (χ1n) is 6.98. The monoisotopic (exact) mass is 314 g/mol. The van der Waals surface area contributed by atoms with Crippen LogP contribution in [0.3, 0.4) is 0 Å². The van der Waals surface area contributed by atoms with Crippen LogP contribution in [0, 0.1) is 0 Å². The molecule has 21 heavy (non-hydrogen) atoms. The molecule has 0 aromatic heterocycles. The van der Waals surface area contributed by atoms with Gasteiger partial charge >= 0.3 is 5.97 Å². The lowest BCUT2D eigenvalue weighted by Gasteiger charge is -2.43. The summed E-state index contributed by atoms with van der Waals surface area (Å²) in [5.74, 6) is -1.60. The van der Waals surface area contributed by atoms with Crippen molar-refractivity contribution in [2.24, 2.45) is 0 Å². The Kier molecular flexibility index (Phi) is 3.40. The van der Waals surface area contributed by atoms with Gasteiger partial charge < -0.3 is 20.1 Å². The summed E-state index contributed by atoms with van der Waals surface area (Å²) < 4.78 is 4.72. The van der Waals surface area contributed by atoms with Crippen LogP contribution in [0.5, 0.6) is 0 Å². The molecule has 0 aromatic rings. The number of aliphatic carboxylic acids is 1. The first-order chi connectivity index (χ1) is 9.83. The minimum atomic E-state index is -1.01. The molecule has 3 saturated heterocycles. The molecule has 3 aliphatic heterocycles. The number of nitrogens with zero attached hydrogens (tertiary/aromatic N) is 1. The van der Waals surface area contributed by atoms with Gasteiger partial charge in [0.1, 0.15) is 23.6 Å². The van der Waals surface area contributed by atoms with Gasteiger partial charge in [-0.1, -0.05) is 0 Å². The summed E-state index contributed by atoms with van der Waals surface area (Å²) >= 11 is 1.42. The number of hydrogen-bond donors (Lipinski definition) is 2. The summed E-state index contributed by atoms with van der Waals surface area (Å²) in [6.07, 6.45) is 1.02. The van der Waals surface area contributed by atoms with Gasteiger partial charge in [0.25, 0.3) is 0 Å². The predicted molar refractivity (Wildman–Crippen MR) is 74.6 cm³/mol. The highest BCUT2D eigenvalue weighted by Crippen LogP contribution is 2.50. The van der Waals surface area contributed by atoms with Crippen LogP contribution in [0.4, 0.5) is 0 Å². The van der Waals surface area contributed by atoms with Crippen LogP contribution in [0.1, 0.15) is 26.7 Å². The van der Waals surface area contributed by atoms with Crippen molar-refractivity contribution in [3.63, 3.8) is 0 Å². The van der Waals surface area contributed by atoms with E-state index in [2.05, 4.69) is 5.32 Å². The number of carboxylic acids is 1. The third-order valence-electron chi connectivity index (χ3n) is 4.19. The molecule has 7 nitrogen and oxygen atoms in total. The van der Waals surface area contributed by atoms with Crippen molar-refractivity contribution in [2.75, 3.05) is 6.61 Å². The van der Waals surface area contributed by atoms with Gasteiger partial charge in [-0.05, 0) is 26.7 Å². The molecule has 2 amide bonds. The Morgan fingerprint density at radius 3 is 2.76 bits per heavy atom. The largest absolute Gasteiger partial charge is 0.480 e. The maximum atomic E-state index is 12.2. The Bertz CT molecular complexity index is 503. The molecule has 0 spiro atoms. The minimum Gasteiger partial charge on any atom is -0.480 e. The number of rotatable bonds is 3. The molecule has 1 unspecified atom stereocenters. The lowest BCUT2D eigenvalue weighted by molar-refractivity contribution is -0.161. The Morgan fingerprint density at radius 1 is 1.48 bits per heavy atom. The third-order valence-corrected chi connectivity index (χ3v) is 5.77. The standard InChI is InChI=1S/C13H18N2O5S/c1-13(2)8(12(18)19)15-10(17)7(11(15)21-13)14-9(16)6-4-3-5-20-6/h6-8,11H,3-5H2,1-2H3,(H,14,16)(H,18,19)/t6?,7-,8+,11-/m1/s1. The number of ether oxygens (including phenoxy) is 1. The highest BCUT2D eigenvalue weighted by atomic mass is 32.2. The number of nitrogens with one attached hydrogen (secondary N) is 1. The lowest BCUT2D eigenvalue weighted by atomic mass is 9.96. The second-order valence-corrected chi connectivity index (χ2v) is 7.86. The molecule has 3 heterocycles. The van der Waals surface area contributed by atoms with Crippen molar-refractivity contribution in [1.82, 2.24) is 10.2 Å². The number of fused-ring (bicyclic) bond motifs is 1. The molecule has 0 bridgehead atoms. The number of β-lactam (4-membered cyclic amide) rings is 1. The molecule has 2 N–H and O–H groups in total. The number of hydrogen-bond acceptors (Lipinski definition) is 5. The quantitative estimate of drug-likeness (QED) is 0.700. The zero-order valence-electron chi connectivity index (χ0n) is 11.9. The van der Waals surface area contributed by atoms with Gasteiger partial charge in [-0.3, -0.25) is 9.59 Å². The van der Waals surface area contributed by atoms with Crippen molar-refractivity contribution in [1.29, 1.82) is 0 Å². The molecule has 0 saturated carbocycles. The molecule has 0 radical (unpaired) electrons. The number of carboxylic acid groups (broad SMARTS) is 1. The summed E-state index contributed by atoms with van der Waals surface area (Å²) in [4.78, 5) is 37.0. The van der Waals surface area contributed by atoms with Gasteiger partial charge in [-0.25, -0.2) is 4.79 Å². The summed E-state index contributed by atoms with van der Waals surface area (Å²) in [6.45, 7) is 4.18. The van der Waals surface area contributed by atoms with Gasteiger partial charge in [0.15, 0.2) is 0 Å². The van der Waals surface area contributed by atoms with E-state index in [-0.39, 0.29) is 17.2 Å². The summed E-state index contributed by atoms with van der Waals surface area (Å²) in [5.41, 5.74) is 0. The fraction of sp³-hybridized carbons (Fsp3) is 0.769. The van der Waals surface area contributed by atoms with Crippen LogP contribution in [0.25, 0.3) is 0 Å². The SMILES string of the molecule is CC1(C)S[C@@H]2[C@H](NC(=O)C3CCCO3)C(=O)N2[C@H]1C(=O)O. The van der Waals surface area contributed by atoms with Crippen molar-refractivity contribution < 1.29 is 24.2 Å². The summed E-state index contributed by atoms with van der Waals surface area (Å²) in [5, 5.41) is 11.7. The Hall–Kier alpha value is -1.28. The van der Waals surface area contributed by atoms with E-state index in [1.807, 2.05) is 0 Å². The Labute approximate surface area is 126 Å². The van der Waals surface area contributed by atoms with Crippen molar-refractivity contribution in [2.45, 2.75) is 55.0 Å². The Morgan fingerprint density at radius 2 is 2.19 bits per heavy atom. The Balaban J connectivity index is 1.70. The average Bonchev–Trinajstić information content (AvgIpc) is 3.00. The van der Waals surface area contributed by atoms with Crippen LogP contribution >= 0.6 is 11.8 Å². The number of thioether (sulfide) groups is 1. The minimum absolute atomic E-state index is 0.275. The van der Waals surface area contributed by atoms with E-state index in [1.54, 1.807) is 13.8 Å². The van der Waals surface area contributed by atoms with E-state index in [9.17, 15) is 19.5 Å². The van der Waals surface area contributed by atoms with Crippen LogP contribution in [0.2, 0.25) is 0 Å². The molecule has 8 heteroatoms. The van der Waals surface area contributed by atoms with Crippen molar-refractivity contribution in [3.8, 4) is 0 Å². The maximum absolute atomic E-state index is 12.2. The lowest BCUT2D eigenvalue weighted by Crippen LogP contribution is -2.71. The predicted octanol–water partition coefficient (Wildman–Crippen LogP) is -0.203. The van der Waals surface area contributed by atoms with Gasteiger partial charge in [0.2, 0.25) is 11.8 Å². The van der Waals surface area contributed by atoms with E-state index in [1.165, 1.54) is 16.7 Å². The highest BCUT2D eigenvalue weighted by molar-refractivity contribution is 8.01. The number of carbonyl (C=O) groups is 3. The summed E-state index contributed by atoms with van der Waals surface area (Å²) in [7, 11) is 0. The van der Waals surface area contributed by atoms with E-state index >= 15 is 0 Å². The molecular formula is C13H18N2O5S. The molecule has 3 aliphatic rings. The van der Waals surface area contributed by atoms with Gasteiger partial charge in [0, 0.05) is 11.4 Å². The second kappa shape index (κ2) is 4.88. The molecule has 116 valence electrons. The molecule has 3 rings (SSSR count). The first kappa shape index (κ1) is 14.6. The van der Waals surface area contributed by atoms with Crippen molar-refractivity contribution >= 4 is 29.5 Å². The number of carbonyl (C=O) groups excluding carboxylic acids is 2. The zero-order chi connectivity index (χ0) is 15.4. The third kappa shape index (κ3) is 2.20. The van der Waals surface area contributed by atoms with E-state index < -0.39 is 28.9 Å². The molecule has 3 fully saturated rings. The first-order valence-corrected chi connectivity index (χ1v) is 7.85. The van der Waals surface area contributed by atoms with Crippen LogP contribution < -0.4 is 5.32 Å². The summed E-state index contributed by atoms with van der Waals surface area (Å²) in [6, 6.07) is -1.49. The average molecular weight is 314 g/mol. The van der Waals surface area contributed by atoms with Gasteiger partial charge in [-0.2, -0.15) is 0 Å². The van der Waals surface area contributed by atoms with Crippen LogP contribution in [-0.4, -0.2) is 62.7 Å². The normalized spacial score (nSPS) is 37.0. The van der Waals surface area contributed by atoms with Gasteiger partial charge in [-0.15, -0.1) is 11.8 Å². The highest BCUT2D eigenvalue weighted by Gasteiger charge is 2.64. The molecule has 4 atom stereocenters. The maximum Gasteiger partial charge on any atom is 0.327 e. The van der Waals surface area contributed by atoms with Crippen LogP contribution in [-0.2, 0) is 19.1 Å². The van der Waals surface area contributed by atoms with Gasteiger partial charge in [0.05, 0.1) is 0 Å². The molecule has 0 aliphatic carbocycles. The fourth-order valence-corrected chi connectivity index (χ4v) is 4.80. The number of amides is 2. The van der Waals surface area contributed by atoms with E-state index in [4.69, 9.17) is 4.74 Å². The second-order valence-electron chi connectivity index (χ2n) is 6.09. The fourth-order valence-electron chi connectivity index (χ4n) is 3.18. The smallest absolute Gasteiger partial charge is 0.327 e. The van der Waals surface area contributed by atoms with Crippen LogP contribution in [0.15, 0.2) is 0 Å². The van der Waals surface area contributed by atoms with E-state index in [0.29, 0.717) is 13.0 Å². The zero-order valence-corrected chi connectivity index (χ0v) is 12.7. The topological polar surface area (TPSA) is 95.9 Å². The molecule has 0 aromatic carbocycles. The van der Waals surface area contributed by atoms with Crippen molar-refractivity contribution in [3.05, 3.63) is 0 Å². The molecular weight excluding hydrogens is 296 g/mol.